The van der Waals surface area contributed by atoms with Crippen LogP contribution in [0, 0.1) is 0 Å². The molecule has 1 aromatic heterocycles. The third kappa shape index (κ3) is 6.73. The maximum absolute atomic E-state index is 13.4. The average molecular weight is 577 g/mol. The number of aryl methyl sites for hydroxylation is 1. The van der Waals surface area contributed by atoms with Gasteiger partial charge in [-0.1, -0.05) is 6.07 Å². The van der Waals surface area contributed by atoms with E-state index in [1.807, 2.05) is 12.1 Å². The van der Waals surface area contributed by atoms with Crippen LogP contribution < -0.4 is 40.3 Å². The number of ether oxygens (including phenoxy) is 4. The van der Waals surface area contributed by atoms with Crippen LogP contribution >= 0.6 is 0 Å². The fourth-order valence-electron chi connectivity index (χ4n) is 5.12. The number of carbonyl (C=O) groups is 2. The van der Waals surface area contributed by atoms with Crippen molar-refractivity contribution in [3.8, 4) is 34.3 Å². The van der Waals surface area contributed by atoms with Gasteiger partial charge in [-0.25, -0.2) is 4.98 Å². The second kappa shape index (κ2) is 13.7. The number of aromatic nitrogens is 1. The van der Waals surface area contributed by atoms with Crippen LogP contribution in [-0.4, -0.2) is 51.8 Å². The van der Waals surface area contributed by atoms with Crippen molar-refractivity contribution in [1.29, 1.82) is 0 Å². The molecule has 0 unspecified atom stereocenters. The van der Waals surface area contributed by atoms with Gasteiger partial charge in [0.25, 0.3) is 0 Å². The Hall–Kier alpha value is -4.80. The lowest BCUT2D eigenvalue weighted by atomic mass is 9.95. The molecule has 222 valence electrons. The molecule has 0 saturated heterocycles. The zero-order chi connectivity index (χ0) is 30.2. The molecule has 1 heterocycles. The number of benzene rings is 1. The number of nitrogens with one attached hydrogen (secondary N) is 3. The number of methoxy groups -OCH3 is 4. The summed E-state index contributed by atoms with van der Waals surface area (Å²) in [6.45, 7) is 1.86. The lowest BCUT2D eigenvalue weighted by molar-refractivity contribution is -0.119. The van der Waals surface area contributed by atoms with Crippen LogP contribution in [0.25, 0.3) is 11.1 Å². The van der Waals surface area contributed by atoms with E-state index in [2.05, 4.69) is 20.9 Å². The highest BCUT2D eigenvalue weighted by atomic mass is 16.5. The maximum Gasteiger partial charge on any atom is 0.224 e. The van der Waals surface area contributed by atoms with Gasteiger partial charge < -0.3 is 34.9 Å². The quantitative estimate of drug-likeness (QED) is 0.288. The predicted octanol–water partition coefficient (Wildman–Crippen LogP) is 4.10. The van der Waals surface area contributed by atoms with E-state index in [1.54, 1.807) is 45.6 Å². The summed E-state index contributed by atoms with van der Waals surface area (Å²) < 4.78 is 22.1. The first-order chi connectivity index (χ1) is 20.3. The number of anilines is 2. The van der Waals surface area contributed by atoms with Crippen molar-refractivity contribution in [1.82, 2.24) is 10.3 Å². The molecule has 0 spiro atoms. The van der Waals surface area contributed by atoms with Crippen LogP contribution in [0.5, 0.6) is 23.1 Å². The van der Waals surface area contributed by atoms with Crippen LogP contribution in [0.4, 0.5) is 11.4 Å². The Morgan fingerprint density at radius 2 is 1.76 bits per heavy atom. The number of fused-ring (bicyclic) bond motifs is 3. The Kier molecular flexibility index (Phi) is 9.85. The van der Waals surface area contributed by atoms with Crippen molar-refractivity contribution >= 4 is 23.2 Å². The first-order valence-electron chi connectivity index (χ1n) is 13.6. The topological polar surface area (TPSA) is 137 Å². The summed E-state index contributed by atoms with van der Waals surface area (Å²) in [4.78, 5) is 42.0. The van der Waals surface area contributed by atoms with E-state index in [4.69, 9.17) is 18.9 Å². The average Bonchev–Trinajstić information content (AvgIpc) is 3.23. The molecular weight excluding hydrogens is 540 g/mol. The molecule has 2 amide bonds. The van der Waals surface area contributed by atoms with E-state index in [-0.39, 0.29) is 23.7 Å². The van der Waals surface area contributed by atoms with Gasteiger partial charge in [-0.05, 0) is 60.2 Å². The molecule has 2 aromatic carbocycles. The molecule has 3 N–H and O–H groups in total. The van der Waals surface area contributed by atoms with E-state index in [0.717, 1.165) is 16.7 Å². The van der Waals surface area contributed by atoms with Crippen molar-refractivity contribution in [3.63, 3.8) is 0 Å². The zero-order valence-electron chi connectivity index (χ0n) is 24.5. The van der Waals surface area contributed by atoms with E-state index >= 15 is 0 Å². The van der Waals surface area contributed by atoms with Crippen LogP contribution in [0.1, 0.15) is 43.4 Å². The highest BCUT2D eigenvalue weighted by molar-refractivity contribution is 5.90. The molecule has 11 nitrogen and oxygen atoms in total. The molecule has 0 aliphatic heterocycles. The second-order valence-corrected chi connectivity index (χ2v) is 9.76. The first-order valence-corrected chi connectivity index (χ1v) is 13.6. The van der Waals surface area contributed by atoms with E-state index in [1.165, 1.54) is 20.2 Å². The Bertz CT molecular complexity index is 1510. The highest BCUT2D eigenvalue weighted by Crippen LogP contribution is 2.50. The summed E-state index contributed by atoms with van der Waals surface area (Å²) >= 11 is 0. The van der Waals surface area contributed by atoms with Gasteiger partial charge in [-0.2, -0.15) is 0 Å². The maximum atomic E-state index is 13.4. The third-order valence-electron chi connectivity index (χ3n) is 7.04. The number of pyridine rings is 1. The number of hydrogen-bond acceptors (Lipinski definition) is 9. The molecular formula is C31H36N4O7. The van der Waals surface area contributed by atoms with E-state index < -0.39 is 6.04 Å². The van der Waals surface area contributed by atoms with Gasteiger partial charge in [0.15, 0.2) is 11.5 Å². The number of hydrogen-bond donors (Lipinski definition) is 3. The largest absolute Gasteiger partial charge is 0.493 e. The summed E-state index contributed by atoms with van der Waals surface area (Å²) in [5, 5.41) is 8.97. The van der Waals surface area contributed by atoms with Gasteiger partial charge in [0.2, 0.25) is 28.9 Å². The number of amides is 2. The van der Waals surface area contributed by atoms with Crippen molar-refractivity contribution in [2.45, 2.75) is 38.6 Å². The van der Waals surface area contributed by atoms with Crippen LogP contribution in [0.15, 0.2) is 47.4 Å². The minimum absolute atomic E-state index is 0.164. The van der Waals surface area contributed by atoms with Gasteiger partial charge in [-0.3, -0.25) is 14.4 Å². The van der Waals surface area contributed by atoms with Crippen molar-refractivity contribution in [3.05, 3.63) is 63.9 Å². The summed E-state index contributed by atoms with van der Waals surface area (Å²) in [7, 11) is 6.19. The van der Waals surface area contributed by atoms with Gasteiger partial charge >= 0.3 is 0 Å². The van der Waals surface area contributed by atoms with E-state index in [0.29, 0.717) is 65.9 Å². The molecule has 1 atom stereocenters. The summed E-state index contributed by atoms with van der Waals surface area (Å²) in [6, 6.07) is 10.0. The Balaban J connectivity index is 1.60. The Labute approximate surface area is 244 Å². The number of rotatable bonds is 11. The lowest BCUT2D eigenvalue weighted by Crippen LogP contribution is -2.26. The van der Waals surface area contributed by atoms with E-state index in [9.17, 15) is 14.4 Å². The summed E-state index contributed by atoms with van der Waals surface area (Å²) in [5.74, 6) is 1.57. The second-order valence-electron chi connectivity index (χ2n) is 9.76. The number of nitrogens with zero attached hydrogens (tertiary/aromatic N) is 1. The van der Waals surface area contributed by atoms with Gasteiger partial charge in [0.05, 0.1) is 52.1 Å². The van der Waals surface area contributed by atoms with Crippen molar-refractivity contribution in [2.24, 2.45) is 0 Å². The first kappa shape index (κ1) is 30.2. The van der Waals surface area contributed by atoms with Crippen molar-refractivity contribution in [2.75, 3.05) is 45.6 Å². The van der Waals surface area contributed by atoms with Crippen LogP contribution in [0.3, 0.4) is 0 Å². The zero-order valence-corrected chi connectivity index (χ0v) is 24.5. The molecule has 1 aliphatic carbocycles. The summed E-state index contributed by atoms with van der Waals surface area (Å²) in [6.07, 6.45) is 3.46. The van der Waals surface area contributed by atoms with Crippen molar-refractivity contribution < 1.29 is 28.5 Å². The minimum Gasteiger partial charge on any atom is -0.493 e. The molecule has 0 saturated carbocycles. The third-order valence-corrected chi connectivity index (χ3v) is 7.04. The smallest absolute Gasteiger partial charge is 0.224 e. The Morgan fingerprint density at radius 3 is 2.40 bits per heavy atom. The molecule has 42 heavy (non-hydrogen) atoms. The normalized spacial score (nSPS) is 13.5. The van der Waals surface area contributed by atoms with Crippen LogP contribution in [-0.2, 0) is 16.0 Å². The monoisotopic (exact) mass is 576 g/mol. The molecule has 0 radical (unpaired) electrons. The predicted molar refractivity (Wildman–Crippen MR) is 160 cm³/mol. The fraction of sp³-hybridized carbons (Fsp3) is 0.355. The molecule has 0 bridgehead atoms. The SMILES string of the molecule is COc1ccc(NC(=O)CCCNc2ccc3c(cc2=O)[C@H](NC(C)=O)CCc2cc(OC)c(OC)c(OC)c2-3)cn1. The Morgan fingerprint density at radius 1 is 0.976 bits per heavy atom. The highest BCUT2D eigenvalue weighted by Gasteiger charge is 2.29. The number of carbonyl (C=O) groups excluding carboxylic acids is 2. The summed E-state index contributed by atoms with van der Waals surface area (Å²) in [5.41, 5.74) is 3.88. The minimum atomic E-state index is -0.393. The van der Waals surface area contributed by atoms with Gasteiger partial charge in [0.1, 0.15) is 0 Å². The van der Waals surface area contributed by atoms with Gasteiger partial charge in [0, 0.05) is 31.5 Å². The molecule has 11 heteroatoms. The molecule has 4 rings (SSSR count). The molecule has 0 fully saturated rings. The van der Waals surface area contributed by atoms with Gasteiger partial charge in [-0.15, -0.1) is 0 Å². The lowest BCUT2D eigenvalue weighted by Gasteiger charge is -2.19. The molecule has 3 aromatic rings. The molecule has 1 aliphatic rings. The fourth-order valence-corrected chi connectivity index (χ4v) is 5.12. The standard InChI is InChI=1S/C31H36N4O7/c1-18(36)34-23-11-8-19-15-26(39-2)30(41-4)31(42-5)29(19)21-10-12-24(25(37)16-22(21)23)32-14-6-7-27(38)35-20-9-13-28(40-3)33-17-20/h9-10,12-13,15-17,23H,6-8,11,14H2,1-5H3,(H,32,37)(H,34,36)(H,35,38)/t23-/m1/s1. The van der Waals surface area contributed by atoms with Crippen LogP contribution in [0.2, 0.25) is 0 Å².